The number of carbonyl (C=O) groups is 2. The van der Waals surface area contributed by atoms with Crippen molar-refractivity contribution < 1.29 is 31.5 Å². The standard InChI is InChI=1S/C32H31F2N5O5S/c1-39-16-19-12-20(5-9-27(19)45(42,43)22-6-7-22)37-28(40)10-3-17-11-18(13-25(33)30(17)44-2)29(32(39)41)38-21-4-8-23-24(14-21)26(34)15-36-31(23)35/h4-5,8-9,11-15,22,29,38H,3,6-7,10,16H2,1-2H3,(H2,35,36)(H,37,40). The van der Waals surface area contributed by atoms with Crippen LogP contribution in [0, 0.1) is 11.6 Å². The largest absolute Gasteiger partial charge is 0.493 e. The van der Waals surface area contributed by atoms with Crippen molar-refractivity contribution >= 4 is 49.6 Å². The van der Waals surface area contributed by atoms with Crippen LogP contribution >= 0.6 is 0 Å². The molecule has 2 heterocycles. The van der Waals surface area contributed by atoms with Crippen LogP contribution in [0.4, 0.5) is 26.0 Å². The highest BCUT2D eigenvalue weighted by molar-refractivity contribution is 7.92. The summed E-state index contributed by atoms with van der Waals surface area (Å²) in [6.07, 6.45) is 2.17. The summed E-state index contributed by atoms with van der Waals surface area (Å²) in [6, 6.07) is 10.8. The number of aryl methyl sites for hydroxylation is 1. The fourth-order valence-electron chi connectivity index (χ4n) is 5.67. The average molecular weight is 636 g/mol. The molecule has 10 nitrogen and oxygen atoms in total. The van der Waals surface area contributed by atoms with Crippen LogP contribution in [0.5, 0.6) is 5.75 Å². The number of aromatic nitrogens is 1. The molecule has 1 aliphatic carbocycles. The Balaban J connectivity index is 1.47. The van der Waals surface area contributed by atoms with E-state index < -0.39 is 38.7 Å². The third-order valence-electron chi connectivity index (χ3n) is 8.13. The molecule has 1 unspecified atom stereocenters. The van der Waals surface area contributed by atoms with Gasteiger partial charge in [-0.25, -0.2) is 22.2 Å². The van der Waals surface area contributed by atoms with Crippen LogP contribution in [0.25, 0.3) is 10.8 Å². The van der Waals surface area contributed by atoms with Gasteiger partial charge in [0.25, 0.3) is 0 Å². The number of carbonyl (C=O) groups excluding carboxylic acids is 2. The van der Waals surface area contributed by atoms with Gasteiger partial charge in [0.15, 0.2) is 21.4 Å². The molecule has 1 fully saturated rings. The average Bonchev–Trinajstić information content (AvgIpc) is 3.86. The van der Waals surface area contributed by atoms with E-state index in [9.17, 15) is 22.4 Å². The summed E-state index contributed by atoms with van der Waals surface area (Å²) in [6.45, 7) is -0.123. The van der Waals surface area contributed by atoms with E-state index in [0.29, 0.717) is 40.7 Å². The first-order valence-electron chi connectivity index (χ1n) is 14.3. The fraction of sp³-hybridized carbons (Fsp3) is 0.281. The molecule has 6 rings (SSSR count). The van der Waals surface area contributed by atoms with Crippen molar-refractivity contribution in [1.29, 1.82) is 0 Å². The highest BCUT2D eigenvalue weighted by atomic mass is 32.2. The van der Waals surface area contributed by atoms with E-state index >= 15 is 4.39 Å². The Morgan fingerprint density at radius 3 is 2.51 bits per heavy atom. The number of nitrogens with one attached hydrogen (secondary N) is 2. The lowest BCUT2D eigenvalue weighted by atomic mass is 9.98. The third-order valence-corrected chi connectivity index (χ3v) is 10.5. The molecular weight excluding hydrogens is 604 g/mol. The molecule has 4 bridgehead atoms. The summed E-state index contributed by atoms with van der Waals surface area (Å²) >= 11 is 0. The number of hydrogen-bond acceptors (Lipinski definition) is 8. The van der Waals surface area contributed by atoms with Crippen LogP contribution < -0.4 is 21.1 Å². The Bertz CT molecular complexity index is 1970. The zero-order valence-corrected chi connectivity index (χ0v) is 25.4. The van der Waals surface area contributed by atoms with Crippen LogP contribution in [0.2, 0.25) is 0 Å². The van der Waals surface area contributed by atoms with Gasteiger partial charge in [0, 0.05) is 42.2 Å². The molecule has 0 saturated heterocycles. The van der Waals surface area contributed by atoms with E-state index in [2.05, 4.69) is 15.6 Å². The molecule has 1 aromatic heterocycles. The van der Waals surface area contributed by atoms with Gasteiger partial charge in [0.05, 0.1) is 23.5 Å². The second-order valence-electron chi connectivity index (χ2n) is 11.3. The molecule has 2 amide bonds. The number of ether oxygens (including phenoxy) is 1. The molecule has 0 spiro atoms. The van der Waals surface area contributed by atoms with E-state index in [1.165, 1.54) is 43.3 Å². The van der Waals surface area contributed by atoms with Gasteiger partial charge < -0.3 is 26.0 Å². The maximum atomic E-state index is 15.5. The maximum absolute atomic E-state index is 15.5. The third kappa shape index (κ3) is 5.87. The molecule has 3 aromatic carbocycles. The van der Waals surface area contributed by atoms with Gasteiger partial charge in [-0.3, -0.25) is 9.59 Å². The number of sulfone groups is 1. The molecule has 1 aliphatic heterocycles. The van der Waals surface area contributed by atoms with E-state index in [0.717, 1.165) is 6.20 Å². The van der Waals surface area contributed by atoms with Gasteiger partial charge in [-0.2, -0.15) is 0 Å². The monoisotopic (exact) mass is 635 g/mol. The Kier molecular flexibility index (Phi) is 7.81. The van der Waals surface area contributed by atoms with Crippen molar-refractivity contribution in [2.45, 2.75) is 48.4 Å². The van der Waals surface area contributed by atoms with Gasteiger partial charge in [-0.05, 0) is 84.5 Å². The predicted molar refractivity (Wildman–Crippen MR) is 166 cm³/mol. The Morgan fingerprint density at radius 2 is 1.78 bits per heavy atom. The number of nitrogens with two attached hydrogens (primary N) is 1. The van der Waals surface area contributed by atoms with E-state index in [1.807, 2.05) is 0 Å². The Morgan fingerprint density at radius 1 is 1.00 bits per heavy atom. The summed E-state index contributed by atoms with van der Waals surface area (Å²) in [5.74, 6) is -2.14. The molecule has 2 aliphatic rings. The molecule has 1 atom stereocenters. The van der Waals surface area contributed by atoms with Gasteiger partial charge in [-0.15, -0.1) is 0 Å². The first-order chi connectivity index (χ1) is 21.5. The maximum Gasteiger partial charge on any atom is 0.249 e. The molecule has 45 heavy (non-hydrogen) atoms. The summed E-state index contributed by atoms with van der Waals surface area (Å²) in [5.41, 5.74) is 7.58. The Hall–Kier alpha value is -4.78. The minimum absolute atomic E-state index is 0.0396. The minimum atomic E-state index is -3.65. The van der Waals surface area contributed by atoms with Crippen LogP contribution in [-0.4, -0.2) is 49.5 Å². The summed E-state index contributed by atoms with van der Waals surface area (Å²) in [4.78, 5) is 32.4. The summed E-state index contributed by atoms with van der Waals surface area (Å²) < 4.78 is 62.1. The number of amides is 2. The van der Waals surface area contributed by atoms with Gasteiger partial charge >= 0.3 is 0 Å². The summed E-state index contributed by atoms with van der Waals surface area (Å²) in [5, 5.41) is 5.97. The van der Waals surface area contributed by atoms with Crippen LogP contribution in [-0.2, 0) is 32.4 Å². The zero-order chi connectivity index (χ0) is 32.0. The number of hydrogen-bond donors (Lipinski definition) is 3. The van der Waals surface area contributed by atoms with Crippen molar-refractivity contribution in [3.05, 3.63) is 83.1 Å². The number of pyridine rings is 1. The number of fused-ring (bicyclic) bond motifs is 5. The second-order valence-corrected chi connectivity index (χ2v) is 13.5. The number of anilines is 3. The topological polar surface area (TPSA) is 144 Å². The molecule has 0 radical (unpaired) electrons. The van der Waals surface area contributed by atoms with Crippen molar-refractivity contribution in [2.75, 3.05) is 30.5 Å². The zero-order valence-electron chi connectivity index (χ0n) is 24.6. The molecule has 4 aromatic rings. The molecular formula is C32H31F2N5O5S. The van der Waals surface area contributed by atoms with Crippen molar-refractivity contribution in [2.24, 2.45) is 0 Å². The van der Waals surface area contributed by atoms with E-state index in [4.69, 9.17) is 10.5 Å². The van der Waals surface area contributed by atoms with Crippen molar-refractivity contribution in [3.8, 4) is 5.75 Å². The number of likely N-dealkylation sites (N-methyl/N-ethyl adjacent to an activating group) is 1. The minimum Gasteiger partial charge on any atom is -0.493 e. The number of nitrogen functional groups attached to an aromatic ring is 1. The number of halogens is 2. The smallest absolute Gasteiger partial charge is 0.249 e. The lowest BCUT2D eigenvalue weighted by Gasteiger charge is -2.28. The van der Waals surface area contributed by atoms with Crippen LogP contribution in [0.3, 0.4) is 0 Å². The lowest BCUT2D eigenvalue weighted by Crippen LogP contribution is -2.35. The quantitative estimate of drug-likeness (QED) is 0.286. The highest BCUT2D eigenvalue weighted by Crippen LogP contribution is 2.37. The number of nitrogens with zero attached hydrogens (tertiary/aromatic N) is 2. The highest BCUT2D eigenvalue weighted by Gasteiger charge is 2.38. The number of methoxy groups -OCH3 is 1. The van der Waals surface area contributed by atoms with Crippen molar-refractivity contribution in [1.82, 2.24) is 9.88 Å². The Labute approximate surface area is 258 Å². The van der Waals surface area contributed by atoms with E-state index in [1.54, 1.807) is 24.3 Å². The molecule has 4 N–H and O–H groups in total. The normalized spacial score (nSPS) is 17.5. The number of benzene rings is 3. The van der Waals surface area contributed by atoms with Gasteiger partial charge in [0.2, 0.25) is 11.8 Å². The molecule has 1 saturated carbocycles. The SMILES string of the molecule is COc1c(F)cc2cc1CCC(=O)Nc1ccc(S(=O)(=O)C3CC3)c(c1)CN(C)C(=O)C2Nc1ccc2c(N)ncc(F)c2c1. The lowest BCUT2D eigenvalue weighted by molar-refractivity contribution is -0.131. The number of rotatable bonds is 5. The molecule has 234 valence electrons. The van der Waals surface area contributed by atoms with Gasteiger partial charge in [0.1, 0.15) is 17.7 Å². The van der Waals surface area contributed by atoms with Crippen LogP contribution in [0.1, 0.15) is 42.0 Å². The first-order valence-corrected chi connectivity index (χ1v) is 15.9. The predicted octanol–water partition coefficient (Wildman–Crippen LogP) is 4.74. The molecule has 13 heteroatoms. The van der Waals surface area contributed by atoms with Crippen molar-refractivity contribution in [3.63, 3.8) is 0 Å². The second kappa shape index (κ2) is 11.6. The first kappa shape index (κ1) is 30.3. The van der Waals surface area contributed by atoms with Gasteiger partial charge in [-0.1, -0.05) is 0 Å². The van der Waals surface area contributed by atoms with E-state index in [-0.39, 0.29) is 52.7 Å². The summed E-state index contributed by atoms with van der Waals surface area (Å²) in [7, 11) is -0.826. The van der Waals surface area contributed by atoms with Crippen LogP contribution in [0.15, 0.2) is 59.6 Å². The fourth-order valence-corrected chi connectivity index (χ4v) is 7.53.